The van der Waals surface area contributed by atoms with Gasteiger partial charge >= 0.3 is 0 Å². The summed E-state index contributed by atoms with van der Waals surface area (Å²) in [7, 11) is 0. The van der Waals surface area contributed by atoms with Crippen molar-refractivity contribution >= 4 is 0 Å². The third kappa shape index (κ3) is 2.60. The van der Waals surface area contributed by atoms with Gasteiger partial charge in [0, 0.05) is 12.6 Å². The molecule has 0 amide bonds. The second-order valence-corrected chi connectivity index (χ2v) is 4.55. The van der Waals surface area contributed by atoms with Gasteiger partial charge in [-0.05, 0) is 44.0 Å². The predicted molar refractivity (Wildman–Crippen MR) is 61.6 cm³/mol. The van der Waals surface area contributed by atoms with E-state index in [0.717, 1.165) is 12.1 Å². The molecule has 1 N–H and O–H groups in total. The Balaban J connectivity index is 1.97. The molecule has 0 spiro atoms. The lowest BCUT2D eigenvalue weighted by Crippen LogP contribution is -2.31. The van der Waals surface area contributed by atoms with E-state index in [1.807, 2.05) is 0 Å². The molecule has 1 saturated heterocycles. The van der Waals surface area contributed by atoms with E-state index in [9.17, 15) is 9.50 Å². The maximum atomic E-state index is 12.7. The number of likely N-dealkylation sites (tertiary alicyclic amines) is 1. The summed E-state index contributed by atoms with van der Waals surface area (Å²) in [5, 5.41) is 10.0. The SMILES string of the molecule is C[C@H]1CCCN1C[C@@H](O)c1ccc(F)cc1. The van der Waals surface area contributed by atoms with Crippen LogP contribution in [0.4, 0.5) is 4.39 Å². The third-order valence-corrected chi connectivity index (χ3v) is 3.35. The van der Waals surface area contributed by atoms with Gasteiger partial charge in [-0.1, -0.05) is 12.1 Å². The van der Waals surface area contributed by atoms with Crippen LogP contribution in [0.15, 0.2) is 24.3 Å². The van der Waals surface area contributed by atoms with E-state index in [-0.39, 0.29) is 5.82 Å². The van der Waals surface area contributed by atoms with E-state index < -0.39 is 6.10 Å². The molecule has 0 bridgehead atoms. The lowest BCUT2D eigenvalue weighted by molar-refractivity contribution is 0.110. The number of halogens is 1. The van der Waals surface area contributed by atoms with Gasteiger partial charge in [0.2, 0.25) is 0 Å². The summed E-state index contributed by atoms with van der Waals surface area (Å²) in [5.41, 5.74) is 0.792. The molecule has 1 fully saturated rings. The molecule has 0 aliphatic carbocycles. The summed E-state index contributed by atoms with van der Waals surface area (Å²) in [6.45, 7) is 3.89. The van der Waals surface area contributed by atoms with Crippen LogP contribution in [0.2, 0.25) is 0 Å². The molecule has 1 heterocycles. The van der Waals surface area contributed by atoms with Crippen molar-refractivity contribution in [1.82, 2.24) is 4.90 Å². The van der Waals surface area contributed by atoms with Crippen LogP contribution in [-0.2, 0) is 0 Å². The number of rotatable bonds is 3. The standard InChI is InChI=1S/C13H18FNO/c1-10-3-2-8-15(10)9-13(16)11-4-6-12(14)7-5-11/h4-7,10,13,16H,2-3,8-9H2,1H3/t10-,13+/m0/s1. The summed E-state index contributed by atoms with van der Waals surface area (Å²) < 4.78 is 12.7. The van der Waals surface area contributed by atoms with Gasteiger partial charge in [-0.25, -0.2) is 4.39 Å². The molecule has 0 saturated carbocycles. The Morgan fingerprint density at radius 2 is 2.12 bits per heavy atom. The number of benzene rings is 1. The lowest BCUT2D eigenvalue weighted by atomic mass is 10.1. The van der Waals surface area contributed by atoms with Crippen LogP contribution in [0.25, 0.3) is 0 Å². The Kier molecular flexibility index (Phi) is 3.56. The summed E-state index contributed by atoms with van der Waals surface area (Å²) in [6, 6.07) is 6.65. The Bertz CT molecular complexity index is 338. The van der Waals surface area contributed by atoms with Gasteiger partial charge in [-0.3, -0.25) is 4.90 Å². The van der Waals surface area contributed by atoms with E-state index >= 15 is 0 Å². The van der Waals surface area contributed by atoms with Gasteiger partial charge in [-0.2, -0.15) is 0 Å². The minimum absolute atomic E-state index is 0.259. The van der Waals surface area contributed by atoms with Crippen molar-refractivity contribution in [3.8, 4) is 0 Å². The van der Waals surface area contributed by atoms with Crippen LogP contribution in [0, 0.1) is 5.82 Å². The Labute approximate surface area is 95.7 Å². The molecule has 2 atom stereocenters. The zero-order valence-electron chi connectivity index (χ0n) is 9.56. The lowest BCUT2D eigenvalue weighted by Gasteiger charge is -2.24. The summed E-state index contributed by atoms with van der Waals surface area (Å²) >= 11 is 0. The molecule has 16 heavy (non-hydrogen) atoms. The topological polar surface area (TPSA) is 23.5 Å². The molecule has 2 nitrogen and oxygen atoms in total. The number of nitrogens with zero attached hydrogens (tertiary/aromatic N) is 1. The molecule has 2 rings (SSSR count). The molecule has 1 aliphatic heterocycles. The number of hydrogen-bond donors (Lipinski definition) is 1. The van der Waals surface area contributed by atoms with Gasteiger partial charge in [0.1, 0.15) is 5.82 Å². The smallest absolute Gasteiger partial charge is 0.123 e. The summed E-state index contributed by atoms with van der Waals surface area (Å²) in [5.74, 6) is -0.259. The number of aliphatic hydroxyl groups excluding tert-OH is 1. The first-order valence-electron chi connectivity index (χ1n) is 5.84. The molecular formula is C13H18FNO. The summed E-state index contributed by atoms with van der Waals surface area (Å²) in [4.78, 5) is 2.29. The highest BCUT2D eigenvalue weighted by molar-refractivity contribution is 5.18. The van der Waals surface area contributed by atoms with Crippen LogP contribution in [0.1, 0.15) is 31.4 Å². The monoisotopic (exact) mass is 223 g/mol. The first-order valence-corrected chi connectivity index (χ1v) is 5.84. The molecule has 88 valence electrons. The van der Waals surface area contributed by atoms with Crippen molar-refractivity contribution in [3.63, 3.8) is 0 Å². The Morgan fingerprint density at radius 1 is 1.44 bits per heavy atom. The van der Waals surface area contributed by atoms with Crippen molar-refractivity contribution in [2.45, 2.75) is 31.9 Å². The Hall–Kier alpha value is -0.930. The highest BCUT2D eigenvalue weighted by atomic mass is 19.1. The second kappa shape index (κ2) is 4.93. The normalized spacial score (nSPS) is 23.6. The van der Waals surface area contributed by atoms with Crippen LogP contribution >= 0.6 is 0 Å². The fraction of sp³-hybridized carbons (Fsp3) is 0.538. The highest BCUT2D eigenvalue weighted by Crippen LogP contribution is 2.21. The van der Waals surface area contributed by atoms with Crippen molar-refractivity contribution in [1.29, 1.82) is 0 Å². The van der Waals surface area contributed by atoms with E-state index in [4.69, 9.17) is 0 Å². The zero-order valence-corrected chi connectivity index (χ0v) is 9.56. The van der Waals surface area contributed by atoms with Crippen LogP contribution < -0.4 is 0 Å². The predicted octanol–water partition coefficient (Wildman–Crippen LogP) is 2.34. The fourth-order valence-electron chi connectivity index (χ4n) is 2.28. The van der Waals surface area contributed by atoms with Gasteiger partial charge in [0.15, 0.2) is 0 Å². The molecular weight excluding hydrogens is 205 g/mol. The van der Waals surface area contributed by atoms with Crippen molar-refractivity contribution in [3.05, 3.63) is 35.6 Å². The molecule has 3 heteroatoms. The van der Waals surface area contributed by atoms with Gasteiger partial charge in [0.05, 0.1) is 6.10 Å². The molecule has 0 aromatic heterocycles. The van der Waals surface area contributed by atoms with Crippen LogP contribution in [0.3, 0.4) is 0 Å². The molecule has 1 aliphatic rings. The highest BCUT2D eigenvalue weighted by Gasteiger charge is 2.22. The maximum Gasteiger partial charge on any atom is 0.123 e. The minimum atomic E-state index is -0.513. The first-order chi connectivity index (χ1) is 7.66. The summed E-state index contributed by atoms with van der Waals surface area (Å²) in [6.07, 6.45) is 1.90. The minimum Gasteiger partial charge on any atom is -0.387 e. The first kappa shape index (κ1) is 11.6. The van der Waals surface area contributed by atoms with Gasteiger partial charge in [0.25, 0.3) is 0 Å². The van der Waals surface area contributed by atoms with Crippen molar-refractivity contribution in [2.24, 2.45) is 0 Å². The quantitative estimate of drug-likeness (QED) is 0.850. The molecule has 1 aromatic carbocycles. The van der Waals surface area contributed by atoms with Gasteiger partial charge in [-0.15, -0.1) is 0 Å². The maximum absolute atomic E-state index is 12.7. The molecule has 1 aromatic rings. The zero-order chi connectivity index (χ0) is 11.5. The molecule has 0 radical (unpaired) electrons. The molecule has 0 unspecified atom stereocenters. The second-order valence-electron chi connectivity index (χ2n) is 4.55. The van der Waals surface area contributed by atoms with Crippen LogP contribution in [0.5, 0.6) is 0 Å². The van der Waals surface area contributed by atoms with Crippen molar-refractivity contribution < 1.29 is 9.50 Å². The van der Waals surface area contributed by atoms with Gasteiger partial charge < -0.3 is 5.11 Å². The van der Waals surface area contributed by atoms with Crippen LogP contribution in [-0.4, -0.2) is 29.1 Å². The van der Waals surface area contributed by atoms with E-state index in [0.29, 0.717) is 12.6 Å². The average Bonchev–Trinajstić information content (AvgIpc) is 2.65. The van der Waals surface area contributed by atoms with Crippen molar-refractivity contribution in [2.75, 3.05) is 13.1 Å². The van der Waals surface area contributed by atoms with E-state index in [1.54, 1.807) is 12.1 Å². The van der Waals surface area contributed by atoms with E-state index in [2.05, 4.69) is 11.8 Å². The number of aliphatic hydroxyl groups is 1. The fourth-order valence-corrected chi connectivity index (χ4v) is 2.28. The average molecular weight is 223 g/mol. The third-order valence-electron chi connectivity index (χ3n) is 3.35. The number of β-amino-alcohol motifs (C(OH)–C–C–N with tert-alkyl or cyclic N) is 1. The Morgan fingerprint density at radius 3 is 2.69 bits per heavy atom. The largest absolute Gasteiger partial charge is 0.387 e. The van der Waals surface area contributed by atoms with E-state index in [1.165, 1.54) is 25.0 Å². The number of hydrogen-bond acceptors (Lipinski definition) is 2.